The molecule has 0 spiro atoms. The Morgan fingerprint density at radius 3 is 2.53 bits per heavy atom. The first-order valence-corrected chi connectivity index (χ1v) is 11.2. The number of aromatic nitrogens is 1. The maximum Gasteiger partial charge on any atom is 0.416 e. The Morgan fingerprint density at radius 2 is 1.75 bits per heavy atom. The fourth-order valence-corrected chi connectivity index (χ4v) is 4.27. The number of hydrogen-bond acceptors (Lipinski definition) is 3. The summed E-state index contributed by atoms with van der Waals surface area (Å²) >= 11 is 0. The van der Waals surface area contributed by atoms with Crippen LogP contribution in [-0.4, -0.2) is 23.3 Å². The third-order valence-corrected chi connectivity index (χ3v) is 6.01. The molecule has 0 saturated carbocycles. The van der Waals surface area contributed by atoms with Crippen LogP contribution in [0.5, 0.6) is 0 Å². The molecule has 1 aliphatic rings. The number of nitrogens with zero attached hydrogens (tertiary/aromatic N) is 2. The Morgan fingerprint density at radius 1 is 0.944 bits per heavy atom. The first-order chi connectivity index (χ1) is 17.3. The molecule has 1 aliphatic heterocycles. The van der Waals surface area contributed by atoms with Crippen molar-refractivity contribution in [3.8, 4) is 0 Å². The molecule has 5 nitrogen and oxygen atoms in total. The molecule has 0 bridgehead atoms. The van der Waals surface area contributed by atoms with Gasteiger partial charge in [-0.1, -0.05) is 36.4 Å². The van der Waals surface area contributed by atoms with Crippen LogP contribution in [0.1, 0.15) is 27.9 Å². The second kappa shape index (κ2) is 9.30. The summed E-state index contributed by atoms with van der Waals surface area (Å²) in [5.41, 5.74) is 1.87. The third-order valence-electron chi connectivity index (χ3n) is 6.01. The van der Waals surface area contributed by atoms with Gasteiger partial charge >= 0.3 is 6.18 Å². The predicted molar refractivity (Wildman–Crippen MR) is 133 cm³/mol. The number of nitrogens with one attached hydrogen (secondary N) is 1. The van der Waals surface area contributed by atoms with E-state index in [-0.39, 0.29) is 12.2 Å². The number of hydrogen-bond donors (Lipinski definition) is 1. The van der Waals surface area contributed by atoms with Crippen LogP contribution in [-0.2, 0) is 11.0 Å². The van der Waals surface area contributed by atoms with Gasteiger partial charge in [0.2, 0.25) is 5.91 Å². The summed E-state index contributed by atoms with van der Waals surface area (Å²) < 4.78 is 40.4. The number of anilines is 2. The summed E-state index contributed by atoms with van der Waals surface area (Å²) in [5.74, 6) is -0.822. The number of amides is 2. The second-order valence-electron chi connectivity index (χ2n) is 8.37. The van der Waals surface area contributed by atoms with Crippen molar-refractivity contribution in [1.82, 2.24) is 4.98 Å². The summed E-state index contributed by atoms with van der Waals surface area (Å²) in [6.07, 6.45) is -1.23. The molecule has 4 aromatic rings. The van der Waals surface area contributed by atoms with Crippen LogP contribution in [0, 0.1) is 0 Å². The van der Waals surface area contributed by atoms with Gasteiger partial charge in [0.25, 0.3) is 5.91 Å². The van der Waals surface area contributed by atoms with E-state index < -0.39 is 23.6 Å². The van der Waals surface area contributed by atoms with E-state index in [1.165, 1.54) is 17.0 Å². The topological polar surface area (TPSA) is 62.3 Å². The number of carbonyl (C=O) groups is 2. The van der Waals surface area contributed by atoms with Crippen LogP contribution in [0.4, 0.5) is 24.5 Å². The number of halogens is 3. The molecule has 0 atom stereocenters. The maximum atomic E-state index is 13.5. The van der Waals surface area contributed by atoms with Crippen molar-refractivity contribution >= 4 is 39.7 Å². The van der Waals surface area contributed by atoms with Gasteiger partial charge in [-0.2, -0.15) is 13.2 Å². The first-order valence-electron chi connectivity index (χ1n) is 11.2. The van der Waals surface area contributed by atoms with Gasteiger partial charge in [0, 0.05) is 41.0 Å². The smallest absolute Gasteiger partial charge is 0.322 e. The molecule has 0 fully saturated rings. The minimum atomic E-state index is -4.57. The van der Waals surface area contributed by atoms with Crippen LogP contribution in [0.25, 0.3) is 16.5 Å². The molecule has 0 unspecified atom stereocenters. The van der Waals surface area contributed by atoms with Crippen LogP contribution in [0.2, 0.25) is 0 Å². The lowest BCUT2D eigenvalue weighted by molar-refractivity contribution is -0.137. The Hall–Kier alpha value is -4.46. The Kier molecular flexibility index (Phi) is 6.01. The van der Waals surface area contributed by atoms with Crippen molar-refractivity contribution in [2.24, 2.45) is 0 Å². The van der Waals surface area contributed by atoms with Gasteiger partial charge in [0.05, 0.1) is 16.8 Å². The van der Waals surface area contributed by atoms with Crippen LogP contribution in [0.15, 0.2) is 91.1 Å². The average molecular weight is 487 g/mol. The monoisotopic (exact) mass is 487 g/mol. The molecule has 0 saturated heterocycles. The quantitative estimate of drug-likeness (QED) is 0.344. The van der Waals surface area contributed by atoms with Crippen molar-refractivity contribution < 1.29 is 22.8 Å². The molecule has 0 radical (unpaired) electrons. The molecule has 180 valence electrons. The van der Waals surface area contributed by atoms with Gasteiger partial charge < -0.3 is 10.2 Å². The molecule has 0 aliphatic carbocycles. The highest BCUT2D eigenvalue weighted by atomic mass is 19.4. The van der Waals surface area contributed by atoms with Gasteiger partial charge in [0.1, 0.15) is 0 Å². The zero-order chi connectivity index (χ0) is 25.3. The lowest BCUT2D eigenvalue weighted by Gasteiger charge is -2.32. The summed E-state index contributed by atoms with van der Waals surface area (Å²) in [6, 6.07) is 20.7. The Labute approximate surface area is 204 Å². The molecule has 8 heteroatoms. The highest BCUT2D eigenvalue weighted by Crippen LogP contribution is 2.40. The van der Waals surface area contributed by atoms with E-state index in [1.54, 1.807) is 48.7 Å². The maximum absolute atomic E-state index is 13.5. The molecule has 2 amide bonds. The van der Waals surface area contributed by atoms with Crippen molar-refractivity contribution in [2.45, 2.75) is 12.6 Å². The van der Waals surface area contributed by atoms with Gasteiger partial charge in [-0.3, -0.25) is 14.6 Å². The van der Waals surface area contributed by atoms with Crippen molar-refractivity contribution in [3.63, 3.8) is 0 Å². The van der Waals surface area contributed by atoms with Crippen LogP contribution >= 0.6 is 0 Å². The summed E-state index contributed by atoms with van der Waals surface area (Å²) in [7, 11) is 0. The summed E-state index contributed by atoms with van der Waals surface area (Å²) in [4.78, 5) is 31.6. The zero-order valence-corrected chi connectivity index (χ0v) is 18.9. The number of alkyl halides is 3. The van der Waals surface area contributed by atoms with Gasteiger partial charge in [-0.15, -0.1) is 0 Å². The molecule has 2 heterocycles. The number of benzene rings is 3. The average Bonchev–Trinajstić information content (AvgIpc) is 2.88. The van der Waals surface area contributed by atoms with E-state index in [2.05, 4.69) is 10.3 Å². The zero-order valence-electron chi connectivity index (χ0n) is 18.9. The molecular weight excluding hydrogens is 467 g/mol. The van der Waals surface area contributed by atoms with Crippen LogP contribution in [0.3, 0.4) is 0 Å². The Balaban J connectivity index is 1.48. The van der Waals surface area contributed by atoms with Gasteiger partial charge in [-0.25, -0.2) is 0 Å². The van der Waals surface area contributed by atoms with Crippen LogP contribution < -0.4 is 10.2 Å². The summed E-state index contributed by atoms with van der Waals surface area (Å²) in [6.45, 7) is 0.140. The van der Waals surface area contributed by atoms with E-state index in [0.29, 0.717) is 28.8 Å². The normalized spacial score (nSPS) is 14.5. The van der Waals surface area contributed by atoms with Crippen molar-refractivity contribution in [3.05, 3.63) is 108 Å². The van der Waals surface area contributed by atoms with E-state index >= 15 is 0 Å². The summed E-state index contributed by atoms with van der Waals surface area (Å²) in [5, 5.41) is 3.72. The number of rotatable bonds is 3. The molecule has 1 aromatic heterocycles. The van der Waals surface area contributed by atoms with Crippen molar-refractivity contribution in [1.29, 1.82) is 0 Å². The SMILES string of the molecule is O=C(C=C1CCN(C(=O)c2ccccc2)c2cc(C(F)(F)F)ccc21)Nc1ccc2cccnc2c1. The highest BCUT2D eigenvalue weighted by molar-refractivity contribution is 6.11. The first kappa shape index (κ1) is 23.3. The molecule has 36 heavy (non-hydrogen) atoms. The molecule has 1 N–H and O–H groups in total. The number of carbonyl (C=O) groups excluding carboxylic acids is 2. The minimum Gasteiger partial charge on any atom is -0.322 e. The minimum absolute atomic E-state index is 0.124. The lowest BCUT2D eigenvalue weighted by atomic mass is 9.93. The highest BCUT2D eigenvalue weighted by Gasteiger charge is 2.34. The standard InChI is InChI=1S/C28H20F3N3O2/c29-28(30,31)21-9-11-23-20(12-14-34(25(23)16-21)27(36)19-5-2-1-3-6-19)15-26(35)33-22-10-8-18-7-4-13-32-24(18)17-22/h1-11,13,15-17H,12,14H2,(H,33,35). The number of pyridine rings is 1. The predicted octanol–water partition coefficient (Wildman–Crippen LogP) is 6.33. The fourth-order valence-electron chi connectivity index (χ4n) is 4.27. The largest absolute Gasteiger partial charge is 0.416 e. The van der Waals surface area contributed by atoms with E-state index in [0.717, 1.165) is 23.0 Å². The second-order valence-corrected chi connectivity index (χ2v) is 8.37. The Bertz CT molecular complexity index is 1500. The van der Waals surface area contributed by atoms with E-state index in [4.69, 9.17) is 0 Å². The molecular formula is C28H20F3N3O2. The molecule has 3 aromatic carbocycles. The van der Waals surface area contributed by atoms with Gasteiger partial charge in [-0.05, 0) is 54.5 Å². The fraction of sp³-hybridized carbons (Fsp3) is 0.107. The molecule has 5 rings (SSSR count). The van der Waals surface area contributed by atoms with E-state index in [1.807, 2.05) is 18.2 Å². The van der Waals surface area contributed by atoms with Crippen molar-refractivity contribution in [2.75, 3.05) is 16.8 Å². The number of fused-ring (bicyclic) bond motifs is 2. The van der Waals surface area contributed by atoms with E-state index in [9.17, 15) is 22.8 Å². The van der Waals surface area contributed by atoms with Gasteiger partial charge in [0.15, 0.2) is 0 Å². The lowest BCUT2D eigenvalue weighted by Crippen LogP contribution is -2.35. The third kappa shape index (κ3) is 4.70.